The minimum atomic E-state index is -2.88. The van der Waals surface area contributed by atoms with Gasteiger partial charge in [0, 0.05) is 19.2 Å². The summed E-state index contributed by atoms with van der Waals surface area (Å²) in [6.07, 6.45) is 1.22. The molecular formula is C19H24O4. The number of esters is 1. The first-order valence-electron chi connectivity index (χ1n) is 9.48. The fourth-order valence-corrected chi connectivity index (χ4v) is 2.21. The molecule has 0 aliphatic heterocycles. The quantitative estimate of drug-likeness (QED) is 0.546. The van der Waals surface area contributed by atoms with E-state index in [9.17, 15) is 4.79 Å². The van der Waals surface area contributed by atoms with Crippen LogP contribution in [0.3, 0.4) is 0 Å². The van der Waals surface area contributed by atoms with Gasteiger partial charge in [-0.05, 0) is 48.2 Å². The normalized spacial score (nSPS) is 16.6. The maximum Gasteiger partial charge on any atom is 0.313 e. The summed E-state index contributed by atoms with van der Waals surface area (Å²) in [5.74, 6) is -2.91. The molecule has 23 heavy (non-hydrogen) atoms. The van der Waals surface area contributed by atoms with E-state index in [1.54, 1.807) is 44.6 Å². The van der Waals surface area contributed by atoms with E-state index in [4.69, 9.17) is 19.7 Å². The predicted molar refractivity (Wildman–Crippen MR) is 91.0 cm³/mol. The molecule has 0 heterocycles. The fraction of sp³-hybridized carbons (Fsp3) is 0.421. The number of fused-ring (bicyclic) bond motifs is 1. The maximum atomic E-state index is 12.6. The van der Waals surface area contributed by atoms with Gasteiger partial charge in [-0.25, -0.2) is 0 Å². The molecule has 0 aliphatic rings. The van der Waals surface area contributed by atoms with Crippen molar-refractivity contribution in [3.63, 3.8) is 0 Å². The monoisotopic (exact) mass is 320 g/mol. The van der Waals surface area contributed by atoms with Crippen LogP contribution in [0.5, 0.6) is 5.75 Å². The van der Waals surface area contributed by atoms with Crippen molar-refractivity contribution in [2.45, 2.75) is 25.6 Å². The average Bonchev–Trinajstić information content (AvgIpc) is 2.65. The third kappa shape index (κ3) is 4.70. The van der Waals surface area contributed by atoms with E-state index < -0.39 is 18.7 Å². The summed E-state index contributed by atoms with van der Waals surface area (Å²) in [6, 6.07) is 9.99. The van der Waals surface area contributed by atoms with Gasteiger partial charge in [0.15, 0.2) is 0 Å². The first-order chi connectivity index (χ1) is 12.7. The molecule has 2 rings (SSSR count). The summed E-state index contributed by atoms with van der Waals surface area (Å²) in [6.45, 7) is -2.31. The summed E-state index contributed by atoms with van der Waals surface area (Å²) in [7, 11) is 3.13. The highest BCUT2D eigenvalue weighted by molar-refractivity contribution is 5.86. The zero-order valence-corrected chi connectivity index (χ0v) is 13.4. The van der Waals surface area contributed by atoms with E-state index in [-0.39, 0.29) is 12.2 Å². The lowest BCUT2D eigenvalue weighted by molar-refractivity contribution is -0.145. The molecule has 0 N–H and O–H groups in total. The molecule has 0 amide bonds. The molecule has 0 bridgehead atoms. The molecule has 0 radical (unpaired) electrons. The van der Waals surface area contributed by atoms with Crippen LogP contribution in [0.15, 0.2) is 36.4 Å². The summed E-state index contributed by atoms with van der Waals surface area (Å²) < 4.78 is 47.1. The van der Waals surface area contributed by atoms with E-state index in [0.29, 0.717) is 30.6 Å². The van der Waals surface area contributed by atoms with Crippen molar-refractivity contribution in [3.05, 3.63) is 42.0 Å². The van der Waals surface area contributed by atoms with Gasteiger partial charge in [-0.15, -0.1) is 0 Å². The Morgan fingerprint density at radius 2 is 1.87 bits per heavy atom. The van der Waals surface area contributed by atoms with Crippen LogP contribution in [0.25, 0.3) is 10.8 Å². The van der Waals surface area contributed by atoms with Crippen LogP contribution < -0.4 is 4.74 Å². The lowest BCUT2D eigenvalue weighted by Gasteiger charge is -2.13. The standard InChI is InChI=1S/C19H24O4/c1-14(19(20)23-11-5-4-10-21-2)15-6-7-17-13-18(22-3)9-8-16(17)12-15/h6-9,12-14H,4-5,10-11H2,1-3H3/t14-/m0/s1/i1D3,14D. The van der Waals surface area contributed by atoms with Crippen molar-refractivity contribution in [2.24, 2.45) is 0 Å². The SMILES string of the molecule is [2H]C([2H])([2H])[C@]([2H])(C(=O)OCCCCOC)c1ccc2cc(OC)ccc2c1. The molecule has 4 heteroatoms. The van der Waals surface area contributed by atoms with Gasteiger partial charge in [0.2, 0.25) is 0 Å². The molecule has 0 aliphatic carbocycles. The summed E-state index contributed by atoms with van der Waals surface area (Å²) in [4.78, 5) is 12.6. The largest absolute Gasteiger partial charge is 0.497 e. The van der Waals surface area contributed by atoms with E-state index >= 15 is 0 Å². The topological polar surface area (TPSA) is 44.8 Å². The van der Waals surface area contributed by atoms with Gasteiger partial charge in [-0.3, -0.25) is 4.79 Å². The predicted octanol–water partition coefficient (Wildman–Crippen LogP) is 3.92. The number of ether oxygens (including phenoxy) is 3. The third-order valence-corrected chi connectivity index (χ3v) is 3.52. The van der Waals surface area contributed by atoms with Crippen molar-refractivity contribution in [1.82, 2.24) is 0 Å². The first-order valence-corrected chi connectivity index (χ1v) is 7.48. The number of rotatable bonds is 8. The number of carbonyl (C=O) groups is 1. The number of hydrogen-bond acceptors (Lipinski definition) is 4. The molecule has 0 spiro atoms. The highest BCUT2D eigenvalue weighted by Crippen LogP contribution is 2.25. The van der Waals surface area contributed by atoms with Crippen molar-refractivity contribution in [1.29, 1.82) is 0 Å². The molecule has 2 aromatic rings. The molecule has 0 aromatic heterocycles. The molecule has 0 saturated heterocycles. The number of methoxy groups -OCH3 is 2. The van der Waals surface area contributed by atoms with Gasteiger partial charge in [-0.2, -0.15) is 0 Å². The van der Waals surface area contributed by atoms with Crippen molar-refractivity contribution < 1.29 is 24.5 Å². The molecule has 2 aromatic carbocycles. The van der Waals surface area contributed by atoms with Gasteiger partial charge >= 0.3 is 5.97 Å². The Balaban J connectivity index is 2.32. The molecule has 1 atom stereocenters. The van der Waals surface area contributed by atoms with Gasteiger partial charge < -0.3 is 14.2 Å². The van der Waals surface area contributed by atoms with Crippen LogP contribution in [-0.4, -0.2) is 33.4 Å². The lowest BCUT2D eigenvalue weighted by Crippen LogP contribution is -2.14. The summed E-state index contributed by atoms with van der Waals surface area (Å²) in [5.41, 5.74) is 0.0714. The molecule has 0 saturated carbocycles. The smallest absolute Gasteiger partial charge is 0.313 e. The van der Waals surface area contributed by atoms with Crippen LogP contribution in [0.1, 0.15) is 36.6 Å². The Labute approximate surface area is 143 Å². The lowest BCUT2D eigenvalue weighted by atomic mass is 9.98. The zero-order chi connectivity index (χ0) is 20.1. The van der Waals surface area contributed by atoms with Crippen LogP contribution in [0, 0.1) is 0 Å². The van der Waals surface area contributed by atoms with E-state index in [1.807, 2.05) is 0 Å². The second-order valence-corrected chi connectivity index (χ2v) is 5.14. The molecule has 0 fully saturated rings. The Bertz CT molecular complexity index is 791. The van der Waals surface area contributed by atoms with Gasteiger partial charge in [0.05, 0.1) is 19.6 Å². The number of unbranched alkanes of at least 4 members (excludes halogenated alkanes) is 1. The van der Waals surface area contributed by atoms with E-state index in [0.717, 1.165) is 5.39 Å². The minimum Gasteiger partial charge on any atom is -0.497 e. The Kier molecular flexibility index (Phi) is 4.59. The number of benzene rings is 2. The van der Waals surface area contributed by atoms with Crippen LogP contribution >= 0.6 is 0 Å². The third-order valence-electron chi connectivity index (χ3n) is 3.52. The van der Waals surface area contributed by atoms with Crippen LogP contribution in [0.2, 0.25) is 0 Å². The first kappa shape index (κ1) is 12.4. The maximum absolute atomic E-state index is 12.6. The van der Waals surface area contributed by atoms with Crippen molar-refractivity contribution in [2.75, 3.05) is 27.4 Å². The van der Waals surface area contributed by atoms with Gasteiger partial charge in [0.1, 0.15) is 5.75 Å². The van der Waals surface area contributed by atoms with Gasteiger partial charge in [-0.1, -0.05) is 24.3 Å². The average molecular weight is 320 g/mol. The van der Waals surface area contributed by atoms with Crippen molar-refractivity contribution >= 4 is 16.7 Å². The fourth-order valence-electron chi connectivity index (χ4n) is 2.21. The second-order valence-electron chi connectivity index (χ2n) is 5.14. The van der Waals surface area contributed by atoms with Gasteiger partial charge in [0.25, 0.3) is 0 Å². The van der Waals surface area contributed by atoms with Crippen molar-refractivity contribution in [3.8, 4) is 5.75 Å². The Morgan fingerprint density at radius 3 is 2.61 bits per heavy atom. The van der Waals surface area contributed by atoms with E-state index in [2.05, 4.69) is 0 Å². The molecule has 4 nitrogen and oxygen atoms in total. The van der Waals surface area contributed by atoms with Crippen LogP contribution in [-0.2, 0) is 14.3 Å². The van der Waals surface area contributed by atoms with E-state index in [1.165, 1.54) is 6.07 Å². The molecule has 0 unspecified atom stereocenters. The highest BCUT2D eigenvalue weighted by atomic mass is 16.5. The van der Waals surface area contributed by atoms with Crippen LogP contribution in [0.4, 0.5) is 0 Å². The highest BCUT2D eigenvalue weighted by Gasteiger charge is 2.17. The second kappa shape index (κ2) is 8.53. The zero-order valence-electron chi connectivity index (χ0n) is 17.4. The summed E-state index contributed by atoms with van der Waals surface area (Å²) in [5, 5.41) is 1.53. The number of hydrogen-bond donors (Lipinski definition) is 0. The molecular weight excluding hydrogens is 292 g/mol. The molecule has 124 valence electrons. The summed E-state index contributed by atoms with van der Waals surface area (Å²) >= 11 is 0. The minimum absolute atomic E-state index is 0.0453. The Hall–Kier alpha value is -2.07. The number of carbonyl (C=O) groups excluding carboxylic acids is 1. The Morgan fingerprint density at radius 1 is 1.13 bits per heavy atom.